The fourth-order valence-electron chi connectivity index (χ4n) is 4.68. The van der Waals surface area contributed by atoms with Gasteiger partial charge in [-0.1, -0.05) is 112 Å². The molecule has 0 heterocycles. The van der Waals surface area contributed by atoms with E-state index in [1.807, 2.05) is 0 Å². The van der Waals surface area contributed by atoms with Crippen LogP contribution in [0.2, 0.25) is 0 Å². The second-order valence-electron chi connectivity index (χ2n) is 6.86. The van der Waals surface area contributed by atoms with E-state index in [0.717, 1.165) is 12.8 Å². The summed E-state index contributed by atoms with van der Waals surface area (Å²) in [6, 6.07) is 31.0. The Morgan fingerprint density at radius 2 is 1.19 bits per heavy atom. The lowest BCUT2D eigenvalue weighted by atomic mass is 9.66. The second-order valence-corrected chi connectivity index (χ2v) is 6.86. The molecule has 3 aromatic rings. The third-order valence-corrected chi connectivity index (χ3v) is 5.64. The summed E-state index contributed by atoms with van der Waals surface area (Å²) >= 11 is 0. The van der Waals surface area contributed by atoms with Crippen molar-refractivity contribution in [3.8, 4) is 0 Å². The molecule has 3 aromatic carbocycles. The zero-order valence-corrected chi connectivity index (χ0v) is 14.2. The van der Waals surface area contributed by atoms with Gasteiger partial charge in [0.2, 0.25) is 0 Å². The van der Waals surface area contributed by atoms with Crippen LogP contribution in [0.4, 0.5) is 0 Å². The Hall–Kier alpha value is -2.86. The summed E-state index contributed by atoms with van der Waals surface area (Å²) in [5.74, 6) is 0. The van der Waals surface area contributed by atoms with E-state index in [-0.39, 0.29) is 20.3 Å². The molecule has 0 fully saturated rings. The summed E-state index contributed by atoms with van der Waals surface area (Å²) in [6.45, 7) is 0. The van der Waals surface area contributed by atoms with Crippen molar-refractivity contribution >= 4 is 5.57 Å². The highest BCUT2D eigenvalue weighted by Crippen LogP contribution is 2.56. The van der Waals surface area contributed by atoms with E-state index in [9.17, 15) is 0 Å². The van der Waals surface area contributed by atoms with Crippen LogP contribution in [0.5, 0.6) is 0 Å². The van der Waals surface area contributed by atoms with Crippen molar-refractivity contribution in [3.05, 3.63) is 125 Å². The smallest absolute Gasteiger partial charge is 0.0710 e. The lowest BCUT2D eigenvalue weighted by Crippen LogP contribution is -2.29. The lowest BCUT2D eigenvalue weighted by Gasteiger charge is -2.35. The van der Waals surface area contributed by atoms with Gasteiger partial charge in [0, 0.05) is 0 Å². The molecular formula is C27H28. The number of benzene rings is 3. The molecule has 27 heavy (non-hydrogen) atoms. The van der Waals surface area contributed by atoms with Crippen LogP contribution in [0, 0.1) is 0 Å². The van der Waals surface area contributed by atoms with Gasteiger partial charge in [-0.3, -0.25) is 0 Å². The van der Waals surface area contributed by atoms with Gasteiger partial charge in [0.25, 0.3) is 0 Å². The number of hydrogen-bond acceptors (Lipinski definition) is 0. The topological polar surface area (TPSA) is 0 Å². The van der Waals surface area contributed by atoms with Crippen molar-refractivity contribution in [3.63, 3.8) is 0 Å². The third kappa shape index (κ3) is 2.59. The molecule has 0 unspecified atom stereocenters. The summed E-state index contributed by atoms with van der Waals surface area (Å²) in [7, 11) is 0. The van der Waals surface area contributed by atoms with Gasteiger partial charge in [0.05, 0.1) is 5.41 Å². The Morgan fingerprint density at radius 1 is 0.630 bits per heavy atom. The summed E-state index contributed by atoms with van der Waals surface area (Å²) in [5, 5.41) is 0. The van der Waals surface area contributed by atoms with Gasteiger partial charge in [-0.25, -0.2) is 0 Å². The van der Waals surface area contributed by atoms with E-state index in [1.165, 1.54) is 33.4 Å². The summed E-state index contributed by atoms with van der Waals surface area (Å²) in [5.41, 5.74) is 8.32. The average molecular weight is 353 g/mol. The largest absolute Gasteiger partial charge is 0.0839 e. The molecule has 0 bridgehead atoms. The Balaban J connectivity index is 0.00000105. The maximum absolute atomic E-state index is 2.37. The first kappa shape index (κ1) is 18.9. The molecule has 2 aliphatic rings. The first-order valence-electron chi connectivity index (χ1n) is 9.03. The Kier molecular flexibility index (Phi) is 5.19. The quantitative estimate of drug-likeness (QED) is 0.450. The fraction of sp³-hybridized carbons (Fsp3) is 0.185. The molecule has 0 N–H and O–H groups in total. The molecule has 0 aliphatic heterocycles. The predicted molar refractivity (Wildman–Crippen MR) is 118 cm³/mol. The maximum atomic E-state index is 2.37. The monoisotopic (exact) mass is 352 g/mol. The Bertz CT molecular complexity index is 935. The van der Waals surface area contributed by atoms with Gasteiger partial charge < -0.3 is 0 Å². The van der Waals surface area contributed by atoms with Crippen molar-refractivity contribution in [2.45, 2.75) is 33.1 Å². The molecule has 2 aliphatic carbocycles. The Morgan fingerprint density at radius 3 is 1.81 bits per heavy atom. The molecule has 0 spiro atoms. The minimum absolute atomic E-state index is 0. The molecule has 0 heteroatoms. The van der Waals surface area contributed by atoms with Gasteiger partial charge in [0.1, 0.15) is 0 Å². The molecular weight excluding hydrogens is 324 g/mol. The minimum Gasteiger partial charge on any atom is -0.0839 e. The van der Waals surface area contributed by atoms with Gasteiger partial charge in [-0.15, -0.1) is 0 Å². The average Bonchev–Trinajstić information content (AvgIpc) is 3.01. The van der Waals surface area contributed by atoms with Gasteiger partial charge >= 0.3 is 0 Å². The number of allylic oxidation sites excluding steroid dienone is 4. The Labute approximate surface area is 163 Å². The van der Waals surface area contributed by atoms with Crippen LogP contribution < -0.4 is 0 Å². The number of hydrogen-bond donors (Lipinski definition) is 0. The molecule has 0 amide bonds. The summed E-state index contributed by atoms with van der Waals surface area (Å²) in [4.78, 5) is 0. The fourth-order valence-corrected chi connectivity index (χ4v) is 4.68. The summed E-state index contributed by atoms with van der Waals surface area (Å²) < 4.78 is 0. The van der Waals surface area contributed by atoms with Gasteiger partial charge in [-0.05, 0) is 46.2 Å². The summed E-state index contributed by atoms with van der Waals surface area (Å²) in [6.07, 6.45) is 6.97. The third-order valence-electron chi connectivity index (χ3n) is 5.64. The van der Waals surface area contributed by atoms with Crippen molar-refractivity contribution in [1.29, 1.82) is 0 Å². The van der Waals surface area contributed by atoms with E-state index in [4.69, 9.17) is 0 Å². The van der Waals surface area contributed by atoms with E-state index in [2.05, 4.69) is 97.1 Å². The highest BCUT2D eigenvalue weighted by atomic mass is 14.5. The van der Waals surface area contributed by atoms with Crippen molar-refractivity contribution < 1.29 is 0 Å². The number of rotatable bonds is 2. The SMILES string of the molecule is C.C.C1=CC2=C(CC1)c1ccccc1C2(c1ccccc1)c1ccccc1. The standard InChI is InChI=1S/C25H20.2CH4/c1-3-11-19(12-4-1)25(20-13-5-2-6-14-20)23-17-9-7-15-21(23)22-16-8-10-18-24(22)25;;/h1-7,9-15,17-18H,8,16H2;2*1H4. The van der Waals surface area contributed by atoms with Gasteiger partial charge in [-0.2, -0.15) is 0 Å². The first-order valence-corrected chi connectivity index (χ1v) is 9.03. The molecule has 0 atom stereocenters. The van der Waals surface area contributed by atoms with Gasteiger partial charge in [0.15, 0.2) is 0 Å². The number of fused-ring (bicyclic) bond motifs is 2. The normalized spacial score (nSPS) is 16.0. The molecule has 0 saturated carbocycles. The molecule has 0 saturated heterocycles. The van der Waals surface area contributed by atoms with Crippen LogP contribution >= 0.6 is 0 Å². The molecule has 0 aromatic heterocycles. The molecule has 5 rings (SSSR count). The highest BCUT2D eigenvalue weighted by Gasteiger charge is 2.46. The minimum atomic E-state index is -0.203. The van der Waals surface area contributed by atoms with Crippen molar-refractivity contribution in [1.82, 2.24) is 0 Å². The van der Waals surface area contributed by atoms with E-state index >= 15 is 0 Å². The van der Waals surface area contributed by atoms with Crippen LogP contribution in [0.25, 0.3) is 5.57 Å². The van der Waals surface area contributed by atoms with Crippen LogP contribution in [-0.4, -0.2) is 0 Å². The lowest BCUT2D eigenvalue weighted by molar-refractivity contribution is 0.756. The zero-order chi connectivity index (χ0) is 16.7. The second kappa shape index (κ2) is 7.40. The molecule has 0 nitrogen and oxygen atoms in total. The zero-order valence-electron chi connectivity index (χ0n) is 14.2. The van der Waals surface area contributed by atoms with Crippen LogP contribution in [-0.2, 0) is 5.41 Å². The van der Waals surface area contributed by atoms with E-state index in [1.54, 1.807) is 0 Å². The van der Waals surface area contributed by atoms with Crippen molar-refractivity contribution in [2.24, 2.45) is 0 Å². The van der Waals surface area contributed by atoms with E-state index < -0.39 is 0 Å². The predicted octanol–water partition coefficient (Wildman–Crippen LogP) is 7.41. The van der Waals surface area contributed by atoms with Crippen LogP contribution in [0.1, 0.15) is 49.9 Å². The van der Waals surface area contributed by atoms with Crippen LogP contribution in [0.3, 0.4) is 0 Å². The van der Waals surface area contributed by atoms with E-state index in [0.29, 0.717) is 0 Å². The highest BCUT2D eigenvalue weighted by molar-refractivity contribution is 5.88. The first-order chi connectivity index (χ1) is 12.4. The van der Waals surface area contributed by atoms with Crippen molar-refractivity contribution in [2.75, 3.05) is 0 Å². The van der Waals surface area contributed by atoms with Crippen LogP contribution in [0.15, 0.2) is 103 Å². The molecule has 136 valence electrons. The molecule has 0 radical (unpaired) electrons. The maximum Gasteiger partial charge on any atom is 0.0710 e.